The molecule has 1 unspecified atom stereocenters. The quantitative estimate of drug-likeness (QED) is 0.792. The Balaban J connectivity index is 2.19. The molecule has 1 aromatic rings. The maximum absolute atomic E-state index is 6.15. The van der Waals surface area contributed by atoms with E-state index in [9.17, 15) is 0 Å². The van der Waals surface area contributed by atoms with Crippen molar-refractivity contribution in [3.05, 3.63) is 21.7 Å². The standard InChI is InChI=1S/C12H16Cl2N2O/c1-7(2)10-11(13)15-9(16-12(10)14)5-8-3-4-17-6-8/h7-8H,3-6H2,1-2H3. The maximum atomic E-state index is 6.15. The van der Waals surface area contributed by atoms with Gasteiger partial charge < -0.3 is 4.74 Å². The van der Waals surface area contributed by atoms with Crippen molar-refractivity contribution in [2.24, 2.45) is 5.92 Å². The van der Waals surface area contributed by atoms with Crippen LogP contribution in [0.25, 0.3) is 0 Å². The maximum Gasteiger partial charge on any atom is 0.137 e. The van der Waals surface area contributed by atoms with Crippen molar-refractivity contribution in [2.75, 3.05) is 13.2 Å². The summed E-state index contributed by atoms with van der Waals surface area (Å²) in [5.41, 5.74) is 0.833. The first kappa shape index (κ1) is 13.1. The highest BCUT2D eigenvalue weighted by atomic mass is 35.5. The minimum absolute atomic E-state index is 0.235. The Bertz CT molecular complexity index is 380. The van der Waals surface area contributed by atoms with E-state index >= 15 is 0 Å². The number of rotatable bonds is 3. The van der Waals surface area contributed by atoms with Gasteiger partial charge in [-0.1, -0.05) is 37.0 Å². The Hall–Kier alpha value is -0.380. The minimum Gasteiger partial charge on any atom is -0.381 e. The lowest BCUT2D eigenvalue weighted by atomic mass is 10.0. The molecule has 1 aliphatic heterocycles. The van der Waals surface area contributed by atoms with E-state index in [0.29, 0.717) is 16.2 Å². The van der Waals surface area contributed by atoms with Crippen molar-refractivity contribution < 1.29 is 4.74 Å². The molecular formula is C12H16Cl2N2O. The molecule has 1 saturated heterocycles. The predicted molar refractivity (Wildman–Crippen MR) is 68.8 cm³/mol. The van der Waals surface area contributed by atoms with E-state index < -0.39 is 0 Å². The topological polar surface area (TPSA) is 35.0 Å². The van der Waals surface area contributed by atoms with E-state index in [4.69, 9.17) is 27.9 Å². The number of aromatic nitrogens is 2. The summed E-state index contributed by atoms with van der Waals surface area (Å²) >= 11 is 12.3. The molecule has 1 atom stereocenters. The third-order valence-electron chi connectivity index (χ3n) is 2.97. The van der Waals surface area contributed by atoms with Gasteiger partial charge in [0.25, 0.3) is 0 Å². The lowest BCUT2D eigenvalue weighted by Gasteiger charge is -2.12. The summed E-state index contributed by atoms with van der Waals surface area (Å²) in [6.45, 7) is 5.67. The third-order valence-corrected chi connectivity index (χ3v) is 3.55. The van der Waals surface area contributed by atoms with Crippen LogP contribution in [-0.2, 0) is 11.2 Å². The fraction of sp³-hybridized carbons (Fsp3) is 0.667. The summed E-state index contributed by atoms with van der Waals surface area (Å²) in [5.74, 6) is 1.45. The normalized spacial score (nSPS) is 20.2. The summed E-state index contributed by atoms with van der Waals surface area (Å²) in [4.78, 5) is 8.67. The molecule has 0 spiro atoms. The van der Waals surface area contributed by atoms with Gasteiger partial charge >= 0.3 is 0 Å². The second-order valence-electron chi connectivity index (χ2n) is 4.72. The van der Waals surface area contributed by atoms with E-state index in [1.165, 1.54) is 0 Å². The molecule has 0 saturated carbocycles. The molecule has 0 aliphatic carbocycles. The zero-order valence-electron chi connectivity index (χ0n) is 10.0. The Morgan fingerprint density at radius 3 is 2.41 bits per heavy atom. The van der Waals surface area contributed by atoms with Gasteiger partial charge in [0.1, 0.15) is 16.1 Å². The molecule has 5 heteroatoms. The molecule has 3 nitrogen and oxygen atoms in total. The average Bonchev–Trinajstić information content (AvgIpc) is 2.68. The third kappa shape index (κ3) is 3.09. The molecule has 2 heterocycles. The van der Waals surface area contributed by atoms with Crippen LogP contribution in [0.1, 0.15) is 37.6 Å². The van der Waals surface area contributed by atoms with E-state index in [-0.39, 0.29) is 5.92 Å². The monoisotopic (exact) mass is 274 g/mol. The van der Waals surface area contributed by atoms with E-state index in [0.717, 1.165) is 37.4 Å². The number of hydrogen-bond acceptors (Lipinski definition) is 3. The highest BCUT2D eigenvalue weighted by molar-refractivity contribution is 6.34. The molecule has 0 radical (unpaired) electrons. The predicted octanol–water partition coefficient (Wildman–Crippen LogP) is 3.49. The van der Waals surface area contributed by atoms with Crippen LogP contribution in [0.4, 0.5) is 0 Å². The smallest absolute Gasteiger partial charge is 0.137 e. The fourth-order valence-corrected chi connectivity index (χ4v) is 2.89. The Morgan fingerprint density at radius 2 is 1.94 bits per heavy atom. The fourth-order valence-electron chi connectivity index (χ4n) is 2.03. The zero-order chi connectivity index (χ0) is 12.4. The van der Waals surface area contributed by atoms with Crippen molar-refractivity contribution in [3.8, 4) is 0 Å². The molecular weight excluding hydrogens is 259 g/mol. The molecule has 1 aromatic heterocycles. The Morgan fingerprint density at radius 1 is 1.29 bits per heavy atom. The summed E-state index contributed by atoms with van der Waals surface area (Å²) in [6, 6.07) is 0. The number of hydrogen-bond donors (Lipinski definition) is 0. The van der Waals surface area contributed by atoms with Crippen LogP contribution in [0.15, 0.2) is 0 Å². The highest BCUT2D eigenvalue weighted by Crippen LogP contribution is 2.29. The van der Waals surface area contributed by atoms with Crippen LogP contribution in [0, 0.1) is 5.92 Å². The first-order valence-corrected chi connectivity index (χ1v) is 6.63. The molecule has 2 rings (SSSR count). The van der Waals surface area contributed by atoms with Crippen LogP contribution in [0.3, 0.4) is 0 Å². The highest BCUT2D eigenvalue weighted by Gasteiger charge is 2.20. The molecule has 17 heavy (non-hydrogen) atoms. The number of halogens is 2. The first-order valence-electron chi connectivity index (χ1n) is 5.87. The summed E-state index contributed by atoms with van der Waals surface area (Å²) < 4.78 is 5.33. The van der Waals surface area contributed by atoms with Crippen molar-refractivity contribution in [1.82, 2.24) is 9.97 Å². The second kappa shape index (κ2) is 5.51. The lowest BCUT2D eigenvalue weighted by Crippen LogP contribution is -2.09. The molecule has 1 fully saturated rings. The van der Waals surface area contributed by atoms with Gasteiger partial charge in [-0.2, -0.15) is 0 Å². The van der Waals surface area contributed by atoms with Crippen LogP contribution >= 0.6 is 23.2 Å². The van der Waals surface area contributed by atoms with Gasteiger partial charge in [-0.25, -0.2) is 9.97 Å². The summed E-state index contributed by atoms with van der Waals surface area (Å²) in [7, 11) is 0. The van der Waals surface area contributed by atoms with Crippen molar-refractivity contribution >= 4 is 23.2 Å². The molecule has 0 aromatic carbocycles. The molecule has 0 N–H and O–H groups in total. The summed E-state index contributed by atoms with van der Waals surface area (Å²) in [5, 5.41) is 0.961. The van der Waals surface area contributed by atoms with Gasteiger partial charge in [0.05, 0.1) is 0 Å². The van der Waals surface area contributed by atoms with Crippen LogP contribution in [0.5, 0.6) is 0 Å². The average molecular weight is 275 g/mol. The van der Waals surface area contributed by atoms with E-state index in [2.05, 4.69) is 9.97 Å². The van der Waals surface area contributed by atoms with E-state index in [1.54, 1.807) is 0 Å². The zero-order valence-corrected chi connectivity index (χ0v) is 11.6. The summed E-state index contributed by atoms with van der Waals surface area (Å²) in [6.07, 6.45) is 1.85. The van der Waals surface area contributed by atoms with Gasteiger partial charge in [-0.15, -0.1) is 0 Å². The van der Waals surface area contributed by atoms with Crippen molar-refractivity contribution in [1.29, 1.82) is 0 Å². The molecule has 1 aliphatic rings. The van der Waals surface area contributed by atoms with Gasteiger partial charge in [-0.05, 0) is 18.3 Å². The van der Waals surface area contributed by atoms with E-state index in [1.807, 2.05) is 13.8 Å². The van der Waals surface area contributed by atoms with Crippen LogP contribution < -0.4 is 0 Å². The van der Waals surface area contributed by atoms with Crippen LogP contribution in [-0.4, -0.2) is 23.2 Å². The Labute approximate surface area is 112 Å². The van der Waals surface area contributed by atoms with Crippen molar-refractivity contribution in [3.63, 3.8) is 0 Å². The Kier molecular flexibility index (Phi) is 4.23. The lowest BCUT2D eigenvalue weighted by molar-refractivity contribution is 0.185. The van der Waals surface area contributed by atoms with Crippen LogP contribution in [0.2, 0.25) is 10.3 Å². The SMILES string of the molecule is CC(C)c1c(Cl)nc(CC2CCOC2)nc1Cl. The van der Waals surface area contributed by atoms with Gasteiger partial charge in [-0.3, -0.25) is 0 Å². The van der Waals surface area contributed by atoms with Gasteiger partial charge in [0, 0.05) is 25.2 Å². The molecule has 94 valence electrons. The number of ether oxygens (including phenoxy) is 1. The molecule has 0 amide bonds. The van der Waals surface area contributed by atoms with Crippen molar-refractivity contribution in [2.45, 2.75) is 32.6 Å². The number of nitrogens with zero attached hydrogens (tertiary/aromatic N) is 2. The molecule has 0 bridgehead atoms. The minimum atomic E-state index is 0.235. The first-order chi connectivity index (χ1) is 8.08. The van der Waals surface area contributed by atoms with Gasteiger partial charge in [0.2, 0.25) is 0 Å². The van der Waals surface area contributed by atoms with Gasteiger partial charge in [0.15, 0.2) is 0 Å². The largest absolute Gasteiger partial charge is 0.381 e. The second-order valence-corrected chi connectivity index (χ2v) is 5.44.